The summed E-state index contributed by atoms with van der Waals surface area (Å²) < 4.78 is 10.9. The zero-order valence-electron chi connectivity index (χ0n) is 10.5. The van der Waals surface area contributed by atoms with Gasteiger partial charge >= 0.3 is 0 Å². The molecule has 1 aromatic carbocycles. The van der Waals surface area contributed by atoms with E-state index in [0.717, 1.165) is 17.3 Å². The standard InChI is InChI=1S/C13H20O4S/c1-2-16-12-3-5-13(6-4-12)17-7-8-18-10-11(15)9-14/h3-6,11,14-15H,2,7-10H2,1H3. The molecule has 0 spiro atoms. The van der Waals surface area contributed by atoms with Gasteiger partial charge in [-0.05, 0) is 31.2 Å². The third kappa shape index (κ3) is 6.14. The second-order valence-electron chi connectivity index (χ2n) is 3.66. The van der Waals surface area contributed by atoms with Crippen molar-refractivity contribution in [3.05, 3.63) is 24.3 Å². The molecule has 0 saturated heterocycles. The van der Waals surface area contributed by atoms with Crippen molar-refractivity contribution >= 4 is 11.8 Å². The molecule has 0 radical (unpaired) electrons. The van der Waals surface area contributed by atoms with Crippen molar-refractivity contribution in [2.45, 2.75) is 13.0 Å². The van der Waals surface area contributed by atoms with Crippen LogP contribution in [0.3, 0.4) is 0 Å². The van der Waals surface area contributed by atoms with Gasteiger partial charge in [0.2, 0.25) is 0 Å². The quantitative estimate of drug-likeness (QED) is 0.668. The maximum Gasteiger partial charge on any atom is 0.119 e. The molecule has 0 aliphatic carbocycles. The lowest BCUT2D eigenvalue weighted by Gasteiger charge is -2.09. The van der Waals surface area contributed by atoms with Gasteiger partial charge in [0, 0.05) is 11.5 Å². The van der Waals surface area contributed by atoms with E-state index in [0.29, 0.717) is 19.0 Å². The number of hydrogen-bond acceptors (Lipinski definition) is 5. The minimum absolute atomic E-state index is 0.188. The Labute approximate surface area is 112 Å². The van der Waals surface area contributed by atoms with E-state index in [4.69, 9.17) is 19.7 Å². The number of aliphatic hydroxyl groups excluding tert-OH is 2. The van der Waals surface area contributed by atoms with Crippen molar-refractivity contribution in [1.29, 1.82) is 0 Å². The van der Waals surface area contributed by atoms with Crippen molar-refractivity contribution in [2.24, 2.45) is 0 Å². The highest BCUT2D eigenvalue weighted by Gasteiger charge is 2.01. The van der Waals surface area contributed by atoms with E-state index in [-0.39, 0.29) is 6.61 Å². The summed E-state index contributed by atoms with van der Waals surface area (Å²) in [5, 5.41) is 17.8. The first-order valence-electron chi connectivity index (χ1n) is 5.98. The fraction of sp³-hybridized carbons (Fsp3) is 0.538. The van der Waals surface area contributed by atoms with Gasteiger partial charge in [-0.3, -0.25) is 0 Å². The molecule has 1 atom stereocenters. The molecule has 2 N–H and O–H groups in total. The second kappa shape index (κ2) is 9.08. The first-order chi connectivity index (χ1) is 8.76. The normalized spacial score (nSPS) is 12.2. The maximum atomic E-state index is 9.13. The van der Waals surface area contributed by atoms with Crippen LogP contribution < -0.4 is 9.47 Å². The van der Waals surface area contributed by atoms with Crippen LogP contribution in [0.4, 0.5) is 0 Å². The first-order valence-corrected chi connectivity index (χ1v) is 7.14. The molecule has 4 nitrogen and oxygen atoms in total. The van der Waals surface area contributed by atoms with Crippen molar-refractivity contribution in [3.8, 4) is 11.5 Å². The van der Waals surface area contributed by atoms with Gasteiger partial charge < -0.3 is 19.7 Å². The van der Waals surface area contributed by atoms with Crippen LogP contribution in [0.25, 0.3) is 0 Å². The van der Waals surface area contributed by atoms with Gasteiger partial charge in [-0.1, -0.05) is 0 Å². The Hall–Kier alpha value is -0.910. The van der Waals surface area contributed by atoms with E-state index < -0.39 is 6.10 Å². The number of benzene rings is 1. The highest BCUT2D eigenvalue weighted by atomic mass is 32.2. The lowest BCUT2D eigenvalue weighted by molar-refractivity contribution is 0.113. The number of aliphatic hydroxyl groups is 2. The van der Waals surface area contributed by atoms with Gasteiger partial charge in [0.15, 0.2) is 0 Å². The van der Waals surface area contributed by atoms with Gasteiger partial charge in [0.05, 0.1) is 25.9 Å². The molecule has 102 valence electrons. The first kappa shape index (κ1) is 15.1. The number of rotatable bonds is 9. The fourth-order valence-electron chi connectivity index (χ4n) is 1.29. The minimum atomic E-state index is -0.638. The highest BCUT2D eigenvalue weighted by molar-refractivity contribution is 7.99. The van der Waals surface area contributed by atoms with E-state index in [1.807, 2.05) is 31.2 Å². The molecule has 18 heavy (non-hydrogen) atoms. The summed E-state index contributed by atoms with van der Waals surface area (Å²) in [6.07, 6.45) is -0.638. The molecule has 0 aromatic heterocycles. The number of thioether (sulfide) groups is 1. The van der Waals surface area contributed by atoms with Gasteiger partial charge in [-0.25, -0.2) is 0 Å². The summed E-state index contributed by atoms with van der Waals surface area (Å²) >= 11 is 1.56. The zero-order valence-corrected chi connectivity index (χ0v) is 11.4. The predicted octanol–water partition coefficient (Wildman–Crippen LogP) is 1.55. The summed E-state index contributed by atoms with van der Waals surface area (Å²) in [5.74, 6) is 2.96. The third-order valence-corrected chi connectivity index (χ3v) is 3.23. The van der Waals surface area contributed by atoms with Gasteiger partial charge in [-0.15, -0.1) is 0 Å². The molecule has 0 saturated carbocycles. The Bertz CT molecular complexity index is 315. The monoisotopic (exact) mass is 272 g/mol. The van der Waals surface area contributed by atoms with Crippen LogP contribution in [0.2, 0.25) is 0 Å². The van der Waals surface area contributed by atoms with E-state index in [2.05, 4.69) is 0 Å². The zero-order chi connectivity index (χ0) is 13.2. The average molecular weight is 272 g/mol. The predicted molar refractivity (Wildman–Crippen MR) is 73.5 cm³/mol. The molecule has 0 fully saturated rings. The highest BCUT2D eigenvalue weighted by Crippen LogP contribution is 2.17. The molecule has 0 amide bonds. The Kier molecular flexibility index (Phi) is 7.64. The van der Waals surface area contributed by atoms with E-state index >= 15 is 0 Å². The Morgan fingerprint density at radius 2 is 1.78 bits per heavy atom. The van der Waals surface area contributed by atoms with Crippen LogP contribution in [-0.2, 0) is 0 Å². The van der Waals surface area contributed by atoms with E-state index in [1.165, 1.54) is 0 Å². The maximum absolute atomic E-state index is 9.13. The van der Waals surface area contributed by atoms with Crippen LogP contribution in [0.5, 0.6) is 11.5 Å². The van der Waals surface area contributed by atoms with Gasteiger partial charge in [0.1, 0.15) is 11.5 Å². The van der Waals surface area contributed by atoms with Crippen LogP contribution in [-0.4, -0.2) is 47.6 Å². The summed E-state index contributed by atoms with van der Waals surface area (Å²) in [6, 6.07) is 7.50. The molecule has 5 heteroatoms. The average Bonchev–Trinajstić information content (AvgIpc) is 2.40. The van der Waals surface area contributed by atoms with E-state index in [1.54, 1.807) is 11.8 Å². The molecular formula is C13H20O4S. The molecule has 0 heterocycles. The van der Waals surface area contributed by atoms with Gasteiger partial charge in [0.25, 0.3) is 0 Å². The summed E-state index contributed by atoms with van der Waals surface area (Å²) in [4.78, 5) is 0. The lowest BCUT2D eigenvalue weighted by atomic mass is 10.3. The van der Waals surface area contributed by atoms with Crippen molar-refractivity contribution in [1.82, 2.24) is 0 Å². The fourth-order valence-corrected chi connectivity index (χ4v) is 2.03. The summed E-state index contributed by atoms with van der Waals surface area (Å²) in [7, 11) is 0. The summed E-state index contributed by atoms with van der Waals surface area (Å²) in [5.41, 5.74) is 0. The van der Waals surface area contributed by atoms with Crippen LogP contribution in [0.1, 0.15) is 6.92 Å². The topological polar surface area (TPSA) is 58.9 Å². The smallest absolute Gasteiger partial charge is 0.119 e. The molecule has 1 aromatic rings. The minimum Gasteiger partial charge on any atom is -0.494 e. The Morgan fingerprint density at radius 1 is 1.17 bits per heavy atom. The van der Waals surface area contributed by atoms with E-state index in [9.17, 15) is 0 Å². The molecule has 0 aliphatic rings. The second-order valence-corrected chi connectivity index (χ2v) is 4.81. The SMILES string of the molecule is CCOc1ccc(OCCSCC(O)CO)cc1. The van der Waals surface area contributed by atoms with Crippen LogP contribution in [0.15, 0.2) is 24.3 Å². The Morgan fingerprint density at radius 3 is 2.33 bits per heavy atom. The van der Waals surface area contributed by atoms with Gasteiger partial charge in [-0.2, -0.15) is 11.8 Å². The molecule has 0 aliphatic heterocycles. The number of ether oxygens (including phenoxy) is 2. The van der Waals surface area contributed by atoms with Crippen molar-refractivity contribution < 1.29 is 19.7 Å². The van der Waals surface area contributed by atoms with Crippen molar-refractivity contribution in [3.63, 3.8) is 0 Å². The molecule has 0 bridgehead atoms. The molecule has 1 unspecified atom stereocenters. The summed E-state index contributed by atoms with van der Waals surface area (Å²) in [6.45, 7) is 3.00. The van der Waals surface area contributed by atoms with Crippen LogP contribution >= 0.6 is 11.8 Å². The third-order valence-electron chi connectivity index (χ3n) is 2.15. The number of hydrogen-bond donors (Lipinski definition) is 2. The molecular weight excluding hydrogens is 252 g/mol. The van der Waals surface area contributed by atoms with Crippen molar-refractivity contribution in [2.75, 3.05) is 31.3 Å². The lowest BCUT2D eigenvalue weighted by Crippen LogP contribution is -2.15. The molecule has 1 rings (SSSR count). The van der Waals surface area contributed by atoms with Crippen LogP contribution in [0, 0.1) is 0 Å². The largest absolute Gasteiger partial charge is 0.494 e. The Balaban J connectivity index is 2.15.